The summed E-state index contributed by atoms with van der Waals surface area (Å²) in [4.78, 5) is 37.1. The van der Waals surface area contributed by atoms with E-state index in [4.69, 9.17) is 18.9 Å². The molecule has 8 heteroatoms. The van der Waals surface area contributed by atoms with Crippen molar-refractivity contribution in [1.82, 2.24) is 0 Å². The van der Waals surface area contributed by atoms with Crippen LogP contribution in [-0.2, 0) is 19.1 Å². The maximum absolute atomic E-state index is 12.9. The molecule has 0 aliphatic rings. The summed E-state index contributed by atoms with van der Waals surface area (Å²) in [5.74, 6) is -1.42. The molecule has 2 aromatic carbocycles. The zero-order valence-corrected chi connectivity index (χ0v) is 21.9. The fourth-order valence-electron chi connectivity index (χ4n) is 3.37. The molecule has 0 spiro atoms. The first-order valence-electron chi connectivity index (χ1n) is 12.8. The average molecular weight is 512 g/mol. The Kier molecular flexibility index (Phi) is 13.3. The minimum absolute atomic E-state index is 0.0966. The third-order valence-electron chi connectivity index (χ3n) is 5.25. The smallest absolute Gasteiger partial charge is 0.374 e. The second kappa shape index (κ2) is 16.8. The summed E-state index contributed by atoms with van der Waals surface area (Å²) in [5.41, 5.74) is 0.740. The van der Waals surface area contributed by atoms with Crippen molar-refractivity contribution in [1.29, 1.82) is 0 Å². The highest BCUT2D eigenvalue weighted by atomic mass is 16.6. The molecule has 2 rings (SSSR count). The molecule has 0 bridgehead atoms. The molecule has 0 aromatic heterocycles. The quantitative estimate of drug-likeness (QED) is 0.126. The molecule has 0 aliphatic heterocycles. The standard InChI is InChI=1S/C29H37NO7/c1-4-7-8-9-10-13-20-36-23-18-16-22(17-19-23)28(32)30-24-14-11-12-15-25(24)37-26(29(33)35-6-3)21-27(31)34-5-2/h11-12,14-19,21H,4-10,13,20H2,1-3H3,(H,30,32)/b26-21+. The SMILES string of the molecule is CCCCCCCCOc1ccc(C(=O)Nc2ccccc2O/C(=C/C(=O)OCC)C(=O)OCC)cc1. The van der Waals surface area contributed by atoms with Gasteiger partial charge in [0.2, 0.25) is 5.76 Å². The number of hydrogen-bond donors (Lipinski definition) is 1. The summed E-state index contributed by atoms with van der Waals surface area (Å²) in [6, 6.07) is 13.4. The van der Waals surface area contributed by atoms with Gasteiger partial charge in [0.05, 0.1) is 31.6 Å². The second-order valence-electron chi connectivity index (χ2n) is 8.17. The number of anilines is 1. The Morgan fingerprint density at radius 2 is 1.49 bits per heavy atom. The molecule has 200 valence electrons. The van der Waals surface area contributed by atoms with E-state index in [1.807, 2.05) is 0 Å². The molecule has 0 saturated heterocycles. The molecular weight excluding hydrogens is 474 g/mol. The molecule has 8 nitrogen and oxygen atoms in total. The third kappa shape index (κ3) is 10.8. The van der Waals surface area contributed by atoms with Crippen LogP contribution in [0.4, 0.5) is 5.69 Å². The highest BCUT2D eigenvalue weighted by Crippen LogP contribution is 2.27. The van der Waals surface area contributed by atoms with Crippen molar-refractivity contribution >= 4 is 23.5 Å². The summed E-state index contributed by atoms with van der Waals surface area (Å²) in [5, 5.41) is 2.78. The molecule has 0 unspecified atom stereocenters. The van der Waals surface area contributed by atoms with Crippen molar-refractivity contribution in [2.45, 2.75) is 59.3 Å². The molecule has 2 aromatic rings. The predicted octanol–water partition coefficient (Wildman–Crippen LogP) is 6.07. The van der Waals surface area contributed by atoms with Crippen molar-refractivity contribution < 1.29 is 33.3 Å². The molecule has 1 N–H and O–H groups in total. The lowest BCUT2D eigenvalue weighted by atomic mass is 10.1. The molecule has 0 radical (unpaired) electrons. The number of unbranched alkanes of at least 4 members (excludes halogenated alkanes) is 5. The molecule has 0 fully saturated rings. The van der Waals surface area contributed by atoms with Gasteiger partial charge in [0.1, 0.15) is 5.75 Å². The molecule has 0 aliphatic carbocycles. The summed E-state index contributed by atoms with van der Waals surface area (Å²) in [6.07, 6.45) is 8.07. The van der Waals surface area contributed by atoms with Crippen LogP contribution in [0.15, 0.2) is 60.4 Å². The van der Waals surface area contributed by atoms with Crippen LogP contribution in [-0.4, -0.2) is 37.7 Å². The molecule has 0 saturated carbocycles. The number of nitrogens with one attached hydrogen (secondary N) is 1. The second-order valence-corrected chi connectivity index (χ2v) is 8.17. The Morgan fingerprint density at radius 3 is 2.19 bits per heavy atom. The lowest BCUT2D eigenvalue weighted by Crippen LogP contribution is -2.17. The molecule has 0 atom stereocenters. The number of hydrogen-bond acceptors (Lipinski definition) is 7. The van der Waals surface area contributed by atoms with E-state index in [-0.39, 0.29) is 30.6 Å². The number of benzene rings is 2. The Morgan fingerprint density at radius 1 is 0.811 bits per heavy atom. The third-order valence-corrected chi connectivity index (χ3v) is 5.25. The Labute approximate surface area is 218 Å². The molecular formula is C29H37NO7. The maximum Gasteiger partial charge on any atom is 0.374 e. The summed E-state index contributed by atoms with van der Waals surface area (Å²) in [7, 11) is 0. The minimum atomic E-state index is -0.826. The number of amides is 1. The molecule has 1 amide bonds. The lowest BCUT2D eigenvalue weighted by Gasteiger charge is -2.14. The van der Waals surface area contributed by atoms with Gasteiger partial charge >= 0.3 is 11.9 Å². The summed E-state index contributed by atoms with van der Waals surface area (Å²) in [6.45, 7) is 6.37. The number of para-hydroxylation sites is 2. The van der Waals surface area contributed by atoms with Crippen molar-refractivity contribution in [2.24, 2.45) is 0 Å². The largest absolute Gasteiger partial charge is 0.494 e. The van der Waals surface area contributed by atoms with Crippen molar-refractivity contribution in [3.8, 4) is 11.5 Å². The van der Waals surface area contributed by atoms with E-state index in [1.54, 1.807) is 62.4 Å². The first-order valence-corrected chi connectivity index (χ1v) is 12.8. The highest BCUT2D eigenvalue weighted by molar-refractivity contribution is 6.05. The lowest BCUT2D eigenvalue weighted by molar-refractivity contribution is -0.143. The molecule has 0 heterocycles. The van der Waals surface area contributed by atoms with E-state index in [0.717, 1.165) is 18.9 Å². The predicted molar refractivity (Wildman–Crippen MR) is 142 cm³/mol. The Hall–Kier alpha value is -3.81. The van der Waals surface area contributed by atoms with Gasteiger partial charge in [-0.2, -0.15) is 0 Å². The van der Waals surface area contributed by atoms with E-state index in [2.05, 4.69) is 12.2 Å². The number of ether oxygens (including phenoxy) is 4. The summed E-state index contributed by atoms with van der Waals surface area (Å²) >= 11 is 0. The van der Waals surface area contributed by atoms with Crippen molar-refractivity contribution in [3.05, 3.63) is 65.9 Å². The van der Waals surface area contributed by atoms with Gasteiger partial charge in [-0.1, -0.05) is 51.2 Å². The normalized spacial score (nSPS) is 10.9. The van der Waals surface area contributed by atoms with Crippen LogP contribution in [0.2, 0.25) is 0 Å². The number of carbonyl (C=O) groups excluding carboxylic acids is 3. The highest BCUT2D eigenvalue weighted by Gasteiger charge is 2.19. The fourth-order valence-corrected chi connectivity index (χ4v) is 3.37. The van der Waals surface area contributed by atoms with Gasteiger partial charge in [-0.3, -0.25) is 4.79 Å². The van der Waals surface area contributed by atoms with Crippen LogP contribution in [0.25, 0.3) is 0 Å². The maximum atomic E-state index is 12.9. The first kappa shape index (κ1) is 29.4. The van der Waals surface area contributed by atoms with Gasteiger partial charge in [-0.15, -0.1) is 0 Å². The monoisotopic (exact) mass is 511 g/mol. The van der Waals surface area contributed by atoms with E-state index < -0.39 is 11.9 Å². The van der Waals surface area contributed by atoms with Crippen LogP contribution in [0.3, 0.4) is 0 Å². The van der Waals surface area contributed by atoms with Gasteiger partial charge in [-0.05, 0) is 56.7 Å². The summed E-state index contributed by atoms with van der Waals surface area (Å²) < 4.78 is 21.3. The van der Waals surface area contributed by atoms with E-state index in [1.165, 1.54) is 25.7 Å². The Bertz CT molecular complexity index is 1030. The number of esters is 2. The van der Waals surface area contributed by atoms with Gasteiger partial charge in [0.15, 0.2) is 5.75 Å². The van der Waals surface area contributed by atoms with Crippen LogP contribution in [0.1, 0.15) is 69.7 Å². The van der Waals surface area contributed by atoms with E-state index in [9.17, 15) is 14.4 Å². The zero-order valence-electron chi connectivity index (χ0n) is 21.9. The van der Waals surface area contributed by atoms with Crippen LogP contribution in [0.5, 0.6) is 11.5 Å². The topological polar surface area (TPSA) is 100 Å². The Balaban J connectivity index is 2.01. The number of carbonyl (C=O) groups is 3. The van der Waals surface area contributed by atoms with Crippen LogP contribution < -0.4 is 14.8 Å². The fraction of sp³-hybridized carbons (Fsp3) is 0.414. The minimum Gasteiger partial charge on any atom is -0.494 e. The molecule has 37 heavy (non-hydrogen) atoms. The van der Waals surface area contributed by atoms with Crippen LogP contribution >= 0.6 is 0 Å². The first-order chi connectivity index (χ1) is 18.0. The van der Waals surface area contributed by atoms with Gasteiger partial charge in [0.25, 0.3) is 5.91 Å². The van der Waals surface area contributed by atoms with Crippen molar-refractivity contribution in [2.75, 3.05) is 25.1 Å². The van der Waals surface area contributed by atoms with Gasteiger partial charge < -0.3 is 24.3 Å². The average Bonchev–Trinajstić information content (AvgIpc) is 2.89. The van der Waals surface area contributed by atoms with Crippen LogP contribution in [0, 0.1) is 0 Å². The van der Waals surface area contributed by atoms with Gasteiger partial charge in [-0.25, -0.2) is 9.59 Å². The number of rotatable bonds is 16. The van der Waals surface area contributed by atoms with Gasteiger partial charge in [0, 0.05) is 5.56 Å². The van der Waals surface area contributed by atoms with Crippen molar-refractivity contribution in [3.63, 3.8) is 0 Å². The van der Waals surface area contributed by atoms with E-state index in [0.29, 0.717) is 23.6 Å². The zero-order chi connectivity index (χ0) is 26.9. The van der Waals surface area contributed by atoms with E-state index >= 15 is 0 Å².